The van der Waals surface area contributed by atoms with E-state index in [-0.39, 0.29) is 0 Å². The zero-order valence-electron chi connectivity index (χ0n) is 10.5. The van der Waals surface area contributed by atoms with Gasteiger partial charge in [0.05, 0.1) is 6.61 Å². The predicted octanol–water partition coefficient (Wildman–Crippen LogP) is 3.46. The first kappa shape index (κ1) is 11.8. The second-order valence-electron chi connectivity index (χ2n) is 4.61. The van der Waals surface area contributed by atoms with Gasteiger partial charge in [0.2, 0.25) is 0 Å². The molecule has 3 rings (SSSR count). The Morgan fingerprint density at radius 1 is 1.28 bits per heavy atom. The van der Waals surface area contributed by atoms with E-state index >= 15 is 0 Å². The summed E-state index contributed by atoms with van der Waals surface area (Å²) >= 11 is 1.81. The van der Waals surface area contributed by atoms with Crippen LogP contribution in [-0.4, -0.2) is 13.7 Å². The second kappa shape index (κ2) is 5.12. The van der Waals surface area contributed by atoms with E-state index in [1.165, 1.54) is 21.6 Å². The van der Waals surface area contributed by atoms with Gasteiger partial charge in [0.25, 0.3) is 0 Å². The van der Waals surface area contributed by atoms with Crippen LogP contribution >= 0.6 is 11.3 Å². The van der Waals surface area contributed by atoms with Gasteiger partial charge in [-0.2, -0.15) is 0 Å². The van der Waals surface area contributed by atoms with E-state index in [4.69, 9.17) is 4.74 Å². The van der Waals surface area contributed by atoms with Crippen molar-refractivity contribution in [1.29, 1.82) is 0 Å². The average molecular weight is 259 g/mol. The summed E-state index contributed by atoms with van der Waals surface area (Å²) in [5.74, 6) is 1.07. The maximum absolute atomic E-state index is 5.65. The number of ether oxygens (including phenoxy) is 1. The average Bonchev–Trinajstić information content (AvgIpc) is 2.87. The molecular weight excluding hydrogens is 242 g/mol. The Balaban J connectivity index is 1.91. The van der Waals surface area contributed by atoms with Crippen molar-refractivity contribution in [2.45, 2.75) is 19.4 Å². The largest absolute Gasteiger partial charge is 0.493 e. The van der Waals surface area contributed by atoms with E-state index in [0.717, 1.165) is 31.7 Å². The van der Waals surface area contributed by atoms with Gasteiger partial charge in [-0.05, 0) is 60.2 Å². The molecule has 1 aromatic heterocycles. The summed E-state index contributed by atoms with van der Waals surface area (Å²) in [6.45, 7) is 1.80. The molecule has 0 bridgehead atoms. The van der Waals surface area contributed by atoms with Crippen LogP contribution in [0.4, 0.5) is 0 Å². The molecule has 0 fully saturated rings. The van der Waals surface area contributed by atoms with Crippen molar-refractivity contribution >= 4 is 11.3 Å². The van der Waals surface area contributed by atoms with Gasteiger partial charge in [0.15, 0.2) is 0 Å². The number of benzene rings is 1. The molecule has 1 aliphatic rings. The normalized spacial score (nSPS) is 14.1. The molecule has 0 radical (unpaired) electrons. The van der Waals surface area contributed by atoms with Gasteiger partial charge >= 0.3 is 0 Å². The molecule has 0 saturated heterocycles. The van der Waals surface area contributed by atoms with Gasteiger partial charge in [-0.3, -0.25) is 0 Å². The van der Waals surface area contributed by atoms with Crippen molar-refractivity contribution in [2.24, 2.45) is 0 Å². The molecule has 0 unspecified atom stereocenters. The summed E-state index contributed by atoms with van der Waals surface area (Å²) in [5, 5.41) is 5.42. The molecule has 2 heterocycles. The molecule has 2 nitrogen and oxygen atoms in total. The summed E-state index contributed by atoms with van der Waals surface area (Å²) in [6, 6.07) is 8.82. The molecule has 0 saturated carbocycles. The van der Waals surface area contributed by atoms with Crippen LogP contribution in [-0.2, 0) is 13.0 Å². The summed E-state index contributed by atoms with van der Waals surface area (Å²) in [6.07, 6.45) is 2.27. The highest BCUT2D eigenvalue weighted by Gasteiger charge is 2.11. The molecule has 1 aromatic carbocycles. The zero-order valence-corrected chi connectivity index (χ0v) is 11.3. The molecular formula is C15H17NOS. The Labute approximate surface area is 112 Å². The SMILES string of the molecule is CNCc1cc(-c2ccc3c(c2)CCCO3)cs1. The molecule has 0 aliphatic carbocycles. The van der Waals surface area contributed by atoms with Crippen LogP contribution in [0.25, 0.3) is 11.1 Å². The van der Waals surface area contributed by atoms with Crippen LogP contribution in [0.1, 0.15) is 16.9 Å². The standard InChI is InChI=1S/C15H17NOS/c1-16-9-14-8-13(10-18-14)11-4-5-15-12(7-11)3-2-6-17-15/h4-5,7-8,10,16H,2-3,6,9H2,1H3. The van der Waals surface area contributed by atoms with E-state index in [1.807, 2.05) is 18.4 Å². The topological polar surface area (TPSA) is 21.3 Å². The van der Waals surface area contributed by atoms with Gasteiger partial charge in [0, 0.05) is 11.4 Å². The lowest BCUT2D eigenvalue weighted by molar-refractivity contribution is 0.288. The van der Waals surface area contributed by atoms with Crippen molar-refractivity contribution in [2.75, 3.05) is 13.7 Å². The smallest absolute Gasteiger partial charge is 0.122 e. The summed E-state index contributed by atoms with van der Waals surface area (Å²) in [5.41, 5.74) is 3.97. The highest BCUT2D eigenvalue weighted by molar-refractivity contribution is 7.10. The van der Waals surface area contributed by atoms with Gasteiger partial charge in [0.1, 0.15) is 5.75 Å². The predicted molar refractivity (Wildman–Crippen MR) is 76.3 cm³/mol. The summed E-state index contributed by atoms with van der Waals surface area (Å²) in [7, 11) is 1.98. The fourth-order valence-corrected chi connectivity index (χ4v) is 3.24. The van der Waals surface area contributed by atoms with Crippen molar-refractivity contribution in [3.05, 3.63) is 40.1 Å². The van der Waals surface area contributed by atoms with Gasteiger partial charge < -0.3 is 10.1 Å². The Hall–Kier alpha value is -1.32. The lowest BCUT2D eigenvalue weighted by atomic mass is 10.0. The highest BCUT2D eigenvalue weighted by atomic mass is 32.1. The van der Waals surface area contributed by atoms with Crippen LogP contribution < -0.4 is 10.1 Å². The van der Waals surface area contributed by atoms with Crippen molar-refractivity contribution in [3.8, 4) is 16.9 Å². The third-order valence-corrected chi connectivity index (χ3v) is 4.18. The minimum absolute atomic E-state index is 0.858. The van der Waals surface area contributed by atoms with Crippen LogP contribution in [0, 0.1) is 0 Å². The van der Waals surface area contributed by atoms with Crippen LogP contribution in [0.5, 0.6) is 5.75 Å². The van der Waals surface area contributed by atoms with E-state index in [1.54, 1.807) is 0 Å². The first-order chi connectivity index (χ1) is 8.86. The number of rotatable bonds is 3. The van der Waals surface area contributed by atoms with Crippen LogP contribution in [0.3, 0.4) is 0 Å². The summed E-state index contributed by atoms with van der Waals surface area (Å²) in [4.78, 5) is 1.38. The zero-order chi connectivity index (χ0) is 12.4. The minimum Gasteiger partial charge on any atom is -0.493 e. The van der Waals surface area contributed by atoms with Gasteiger partial charge in [-0.15, -0.1) is 11.3 Å². The first-order valence-electron chi connectivity index (χ1n) is 6.35. The lowest BCUT2D eigenvalue weighted by Crippen LogP contribution is -2.07. The number of nitrogens with one attached hydrogen (secondary N) is 1. The number of hydrogen-bond donors (Lipinski definition) is 1. The van der Waals surface area contributed by atoms with E-state index in [0.29, 0.717) is 0 Å². The number of hydrogen-bond acceptors (Lipinski definition) is 3. The van der Waals surface area contributed by atoms with Gasteiger partial charge in [-0.1, -0.05) is 6.07 Å². The molecule has 0 spiro atoms. The number of thiophene rings is 1. The van der Waals surface area contributed by atoms with Crippen LogP contribution in [0.2, 0.25) is 0 Å². The van der Waals surface area contributed by atoms with E-state index < -0.39 is 0 Å². The maximum Gasteiger partial charge on any atom is 0.122 e. The van der Waals surface area contributed by atoms with Gasteiger partial charge in [-0.25, -0.2) is 0 Å². The molecule has 1 aliphatic heterocycles. The Bertz CT molecular complexity index is 547. The number of fused-ring (bicyclic) bond motifs is 1. The fourth-order valence-electron chi connectivity index (χ4n) is 2.34. The molecule has 3 heteroatoms. The Morgan fingerprint density at radius 2 is 2.22 bits per heavy atom. The molecule has 18 heavy (non-hydrogen) atoms. The van der Waals surface area contributed by atoms with E-state index in [2.05, 4.69) is 35.0 Å². The minimum atomic E-state index is 0.858. The Morgan fingerprint density at radius 3 is 3.11 bits per heavy atom. The molecule has 0 amide bonds. The first-order valence-corrected chi connectivity index (χ1v) is 7.23. The van der Waals surface area contributed by atoms with Crippen molar-refractivity contribution < 1.29 is 4.74 Å². The third-order valence-electron chi connectivity index (χ3n) is 3.25. The fraction of sp³-hybridized carbons (Fsp3) is 0.333. The molecule has 2 aromatic rings. The maximum atomic E-state index is 5.65. The van der Waals surface area contributed by atoms with Crippen LogP contribution in [0.15, 0.2) is 29.6 Å². The van der Waals surface area contributed by atoms with Crippen molar-refractivity contribution in [3.63, 3.8) is 0 Å². The lowest BCUT2D eigenvalue weighted by Gasteiger charge is -2.17. The monoisotopic (exact) mass is 259 g/mol. The second-order valence-corrected chi connectivity index (χ2v) is 5.60. The Kier molecular flexibility index (Phi) is 3.35. The van der Waals surface area contributed by atoms with Crippen molar-refractivity contribution in [1.82, 2.24) is 5.32 Å². The summed E-state index contributed by atoms with van der Waals surface area (Å²) < 4.78 is 5.65. The third kappa shape index (κ3) is 2.28. The highest BCUT2D eigenvalue weighted by Crippen LogP contribution is 2.32. The molecule has 1 N–H and O–H groups in total. The van der Waals surface area contributed by atoms with E-state index in [9.17, 15) is 0 Å². The molecule has 94 valence electrons. The number of aryl methyl sites for hydroxylation is 1. The quantitative estimate of drug-likeness (QED) is 0.911. The molecule has 0 atom stereocenters.